The molecule has 0 bridgehead atoms. The largest absolute Gasteiger partial charge is 0.461 e. The van der Waals surface area contributed by atoms with Crippen molar-refractivity contribution in [3.8, 4) is 0 Å². The molecule has 1 aliphatic carbocycles. The summed E-state index contributed by atoms with van der Waals surface area (Å²) >= 11 is 0. The van der Waals surface area contributed by atoms with E-state index >= 15 is 0 Å². The Morgan fingerprint density at radius 1 is 1.33 bits per heavy atom. The summed E-state index contributed by atoms with van der Waals surface area (Å²) in [7, 11) is 0. The molecule has 1 aromatic heterocycles. The van der Waals surface area contributed by atoms with Crippen LogP contribution in [0, 0.1) is 5.92 Å². The summed E-state index contributed by atoms with van der Waals surface area (Å²) < 4.78 is 5.79. The summed E-state index contributed by atoms with van der Waals surface area (Å²) in [5.74, 6) is 2.27. The summed E-state index contributed by atoms with van der Waals surface area (Å²) in [4.78, 5) is 0. The fourth-order valence-corrected chi connectivity index (χ4v) is 2.27. The zero-order chi connectivity index (χ0) is 10.3. The van der Waals surface area contributed by atoms with E-state index in [4.69, 9.17) is 9.52 Å². The van der Waals surface area contributed by atoms with Crippen LogP contribution < -0.4 is 0 Å². The number of para-hydroxylation sites is 1. The van der Waals surface area contributed by atoms with Gasteiger partial charge in [0, 0.05) is 17.9 Å². The van der Waals surface area contributed by atoms with E-state index in [2.05, 4.69) is 12.1 Å². The first kappa shape index (κ1) is 8.98. The van der Waals surface area contributed by atoms with E-state index in [9.17, 15) is 0 Å². The first-order valence-corrected chi connectivity index (χ1v) is 5.48. The van der Waals surface area contributed by atoms with Crippen molar-refractivity contribution in [1.82, 2.24) is 0 Å². The predicted octanol–water partition coefficient (Wildman–Crippen LogP) is 2.92. The summed E-state index contributed by atoms with van der Waals surface area (Å²) in [6, 6.07) is 10.2. The lowest BCUT2D eigenvalue weighted by Gasteiger charge is -1.92. The standard InChI is InChI=1S/C13H14O2/c14-6-5-9-7-11(9)13-8-10-3-1-2-4-12(10)15-13/h1-4,8-9,11,14H,5-7H2/t9-,11-/m1/s1. The van der Waals surface area contributed by atoms with E-state index in [1.54, 1.807) is 0 Å². The fraction of sp³-hybridized carbons (Fsp3) is 0.385. The Morgan fingerprint density at radius 2 is 2.20 bits per heavy atom. The van der Waals surface area contributed by atoms with Gasteiger partial charge in [-0.2, -0.15) is 0 Å². The van der Waals surface area contributed by atoms with E-state index in [0.29, 0.717) is 18.4 Å². The van der Waals surface area contributed by atoms with Crippen molar-refractivity contribution >= 4 is 11.0 Å². The normalized spacial score (nSPS) is 24.6. The quantitative estimate of drug-likeness (QED) is 0.830. The molecule has 2 aromatic rings. The van der Waals surface area contributed by atoms with Gasteiger partial charge < -0.3 is 9.52 Å². The lowest BCUT2D eigenvalue weighted by atomic mass is 10.2. The molecule has 1 aromatic carbocycles. The van der Waals surface area contributed by atoms with Crippen molar-refractivity contribution in [2.24, 2.45) is 5.92 Å². The Hall–Kier alpha value is -1.28. The zero-order valence-electron chi connectivity index (χ0n) is 8.52. The van der Waals surface area contributed by atoms with Crippen LogP contribution in [0.3, 0.4) is 0 Å². The van der Waals surface area contributed by atoms with Crippen LogP contribution in [0.4, 0.5) is 0 Å². The molecule has 0 aliphatic heterocycles. The maximum atomic E-state index is 8.85. The molecule has 1 saturated carbocycles. The first-order valence-electron chi connectivity index (χ1n) is 5.48. The van der Waals surface area contributed by atoms with Gasteiger partial charge in [0.15, 0.2) is 0 Å². The highest BCUT2D eigenvalue weighted by Crippen LogP contribution is 2.50. The Morgan fingerprint density at radius 3 is 3.00 bits per heavy atom. The van der Waals surface area contributed by atoms with Crippen molar-refractivity contribution in [3.63, 3.8) is 0 Å². The van der Waals surface area contributed by atoms with Gasteiger partial charge in [0.25, 0.3) is 0 Å². The molecular weight excluding hydrogens is 188 g/mol. The number of rotatable bonds is 3. The fourth-order valence-electron chi connectivity index (χ4n) is 2.27. The molecule has 2 nitrogen and oxygen atoms in total. The van der Waals surface area contributed by atoms with Gasteiger partial charge in [-0.15, -0.1) is 0 Å². The lowest BCUT2D eigenvalue weighted by molar-refractivity contribution is 0.278. The summed E-state index contributed by atoms with van der Waals surface area (Å²) in [6.45, 7) is 0.293. The van der Waals surface area contributed by atoms with Gasteiger partial charge in [-0.25, -0.2) is 0 Å². The van der Waals surface area contributed by atoms with Crippen LogP contribution in [0.5, 0.6) is 0 Å². The first-order chi connectivity index (χ1) is 7.38. The second-order valence-electron chi connectivity index (χ2n) is 4.30. The maximum Gasteiger partial charge on any atom is 0.134 e. The van der Waals surface area contributed by atoms with E-state index in [0.717, 1.165) is 17.8 Å². The van der Waals surface area contributed by atoms with Crippen molar-refractivity contribution < 1.29 is 9.52 Å². The van der Waals surface area contributed by atoms with Crippen molar-refractivity contribution in [2.45, 2.75) is 18.8 Å². The number of aliphatic hydroxyl groups is 1. The predicted molar refractivity (Wildman–Crippen MR) is 58.8 cm³/mol. The zero-order valence-corrected chi connectivity index (χ0v) is 8.52. The molecular formula is C13H14O2. The van der Waals surface area contributed by atoms with Gasteiger partial charge in [-0.3, -0.25) is 0 Å². The SMILES string of the molecule is OCC[C@@H]1C[C@H]1c1cc2ccccc2o1. The Kier molecular flexibility index (Phi) is 2.03. The molecule has 0 unspecified atom stereocenters. The van der Waals surface area contributed by atoms with Gasteiger partial charge in [0.05, 0.1) is 0 Å². The molecule has 2 heteroatoms. The van der Waals surface area contributed by atoms with E-state index in [1.165, 1.54) is 11.8 Å². The van der Waals surface area contributed by atoms with Crippen LogP contribution in [0.15, 0.2) is 34.7 Å². The molecule has 1 N–H and O–H groups in total. The molecule has 0 amide bonds. The molecule has 0 radical (unpaired) electrons. The highest BCUT2D eigenvalue weighted by molar-refractivity contribution is 5.77. The van der Waals surface area contributed by atoms with E-state index in [-0.39, 0.29) is 0 Å². The summed E-state index contributed by atoms with van der Waals surface area (Å²) in [5, 5.41) is 10.0. The topological polar surface area (TPSA) is 33.4 Å². The van der Waals surface area contributed by atoms with Crippen LogP contribution in [-0.4, -0.2) is 11.7 Å². The molecule has 1 aliphatic rings. The Balaban J connectivity index is 1.87. The highest BCUT2D eigenvalue weighted by atomic mass is 16.3. The van der Waals surface area contributed by atoms with E-state index in [1.807, 2.05) is 18.2 Å². The minimum Gasteiger partial charge on any atom is -0.461 e. The third-order valence-corrected chi connectivity index (χ3v) is 3.23. The monoisotopic (exact) mass is 202 g/mol. The number of hydrogen-bond acceptors (Lipinski definition) is 2. The van der Waals surface area contributed by atoms with Gasteiger partial charge in [0.2, 0.25) is 0 Å². The van der Waals surface area contributed by atoms with Gasteiger partial charge >= 0.3 is 0 Å². The van der Waals surface area contributed by atoms with E-state index < -0.39 is 0 Å². The molecule has 1 heterocycles. The van der Waals surface area contributed by atoms with Crippen LogP contribution >= 0.6 is 0 Å². The molecule has 0 spiro atoms. The Bertz CT molecular complexity index is 439. The molecule has 1 fully saturated rings. The maximum absolute atomic E-state index is 8.85. The smallest absolute Gasteiger partial charge is 0.134 e. The van der Waals surface area contributed by atoms with Crippen LogP contribution in [0.2, 0.25) is 0 Å². The average molecular weight is 202 g/mol. The highest BCUT2D eigenvalue weighted by Gasteiger charge is 2.39. The number of hydrogen-bond donors (Lipinski definition) is 1. The number of furan rings is 1. The molecule has 15 heavy (non-hydrogen) atoms. The Labute approximate surface area is 88.5 Å². The minimum atomic E-state index is 0.293. The summed E-state index contributed by atoms with van der Waals surface area (Å²) in [6.07, 6.45) is 2.07. The minimum absolute atomic E-state index is 0.293. The number of aliphatic hydroxyl groups excluding tert-OH is 1. The third-order valence-electron chi connectivity index (χ3n) is 3.23. The van der Waals surface area contributed by atoms with Crippen LogP contribution in [0.25, 0.3) is 11.0 Å². The van der Waals surface area contributed by atoms with Crippen molar-refractivity contribution in [3.05, 3.63) is 36.1 Å². The third kappa shape index (κ3) is 1.55. The van der Waals surface area contributed by atoms with Gasteiger partial charge in [-0.1, -0.05) is 18.2 Å². The number of benzene rings is 1. The van der Waals surface area contributed by atoms with Gasteiger partial charge in [0.1, 0.15) is 11.3 Å². The summed E-state index contributed by atoms with van der Waals surface area (Å²) in [5.41, 5.74) is 0.974. The number of fused-ring (bicyclic) bond motifs is 1. The average Bonchev–Trinajstić information content (AvgIpc) is 2.89. The molecule has 3 rings (SSSR count). The second-order valence-corrected chi connectivity index (χ2v) is 4.30. The molecule has 78 valence electrons. The lowest BCUT2D eigenvalue weighted by Crippen LogP contribution is -1.86. The van der Waals surface area contributed by atoms with Crippen molar-refractivity contribution in [2.75, 3.05) is 6.61 Å². The van der Waals surface area contributed by atoms with Crippen molar-refractivity contribution in [1.29, 1.82) is 0 Å². The second kappa shape index (κ2) is 3.38. The van der Waals surface area contributed by atoms with Crippen LogP contribution in [0.1, 0.15) is 24.5 Å². The molecule has 2 atom stereocenters. The van der Waals surface area contributed by atoms with Crippen LogP contribution in [-0.2, 0) is 0 Å². The molecule has 0 saturated heterocycles. The van der Waals surface area contributed by atoms with Gasteiger partial charge in [-0.05, 0) is 30.9 Å².